The standard InChI is InChI=1S/C13H20N6O4S/c1-3-9-16-17-13(19(9)14)24-7-10(20)18-5-4-15-12(22)8(18)6-11(21)23-2/h8H,3-7,14H2,1-2H3,(H,15,22). The third-order valence-electron chi connectivity index (χ3n) is 3.61. The molecule has 11 heteroatoms. The van der Waals surface area contributed by atoms with Gasteiger partial charge in [0.2, 0.25) is 17.0 Å². The number of amides is 2. The summed E-state index contributed by atoms with van der Waals surface area (Å²) in [6.45, 7) is 2.58. The molecule has 1 atom stereocenters. The zero-order valence-electron chi connectivity index (χ0n) is 13.5. The van der Waals surface area contributed by atoms with Gasteiger partial charge in [-0.2, -0.15) is 0 Å². The first-order valence-electron chi connectivity index (χ1n) is 7.44. The summed E-state index contributed by atoms with van der Waals surface area (Å²) in [4.78, 5) is 37.3. The van der Waals surface area contributed by atoms with Crippen molar-refractivity contribution < 1.29 is 19.1 Å². The second-order valence-electron chi connectivity index (χ2n) is 5.09. The molecule has 2 amide bonds. The van der Waals surface area contributed by atoms with Crippen LogP contribution in [0.4, 0.5) is 0 Å². The lowest BCUT2D eigenvalue weighted by Crippen LogP contribution is -2.58. The average molecular weight is 356 g/mol. The van der Waals surface area contributed by atoms with E-state index in [1.165, 1.54) is 16.7 Å². The molecule has 2 rings (SSSR count). The molecule has 0 bridgehead atoms. The quantitative estimate of drug-likeness (QED) is 0.359. The van der Waals surface area contributed by atoms with Crippen LogP contribution in [0.3, 0.4) is 0 Å². The molecule has 1 fully saturated rings. The van der Waals surface area contributed by atoms with E-state index in [-0.39, 0.29) is 24.0 Å². The molecule has 0 spiro atoms. The summed E-state index contributed by atoms with van der Waals surface area (Å²) in [7, 11) is 1.24. The van der Waals surface area contributed by atoms with Crippen LogP contribution < -0.4 is 11.2 Å². The highest BCUT2D eigenvalue weighted by Crippen LogP contribution is 2.18. The topological polar surface area (TPSA) is 132 Å². The number of piperazine rings is 1. The van der Waals surface area contributed by atoms with Gasteiger partial charge in [0.15, 0.2) is 5.82 Å². The molecule has 1 saturated heterocycles. The molecule has 3 N–H and O–H groups in total. The molecule has 1 aromatic heterocycles. The van der Waals surface area contributed by atoms with E-state index in [9.17, 15) is 14.4 Å². The number of carbonyl (C=O) groups is 3. The fourth-order valence-corrected chi connectivity index (χ4v) is 3.07. The Bertz CT molecular complexity index is 634. The Balaban J connectivity index is 2.01. The number of methoxy groups -OCH3 is 1. The normalized spacial score (nSPS) is 17.5. The molecule has 0 saturated carbocycles. The summed E-state index contributed by atoms with van der Waals surface area (Å²) in [6.07, 6.45) is 0.456. The molecule has 1 aliphatic rings. The Hall–Kier alpha value is -2.30. The van der Waals surface area contributed by atoms with Crippen LogP contribution in [0.2, 0.25) is 0 Å². The van der Waals surface area contributed by atoms with Crippen molar-refractivity contribution in [2.24, 2.45) is 0 Å². The Morgan fingerprint density at radius 3 is 2.83 bits per heavy atom. The monoisotopic (exact) mass is 356 g/mol. The highest BCUT2D eigenvalue weighted by molar-refractivity contribution is 7.99. The second-order valence-corrected chi connectivity index (χ2v) is 6.03. The van der Waals surface area contributed by atoms with Crippen LogP contribution in [0.15, 0.2) is 5.16 Å². The number of ether oxygens (including phenoxy) is 1. The Labute approximate surface area is 143 Å². The van der Waals surface area contributed by atoms with Gasteiger partial charge in [-0.15, -0.1) is 10.2 Å². The van der Waals surface area contributed by atoms with Crippen LogP contribution in [0, 0.1) is 0 Å². The third-order valence-corrected chi connectivity index (χ3v) is 4.54. The van der Waals surface area contributed by atoms with Crippen molar-refractivity contribution in [2.75, 3.05) is 31.8 Å². The van der Waals surface area contributed by atoms with Gasteiger partial charge in [0.05, 0.1) is 19.3 Å². The molecular weight excluding hydrogens is 336 g/mol. The Morgan fingerprint density at radius 1 is 1.46 bits per heavy atom. The number of rotatable bonds is 6. The van der Waals surface area contributed by atoms with Crippen LogP contribution in [-0.4, -0.2) is 69.6 Å². The minimum atomic E-state index is -0.860. The van der Waals surface area contributed by atoms with Crippen molar-refractivity contribution in [3.8, 4) is 0 Å². The van der Waals surface area contributed by atoms with Crippen LogP contribution >= 0.6 is 11.8 Å². The molecule has 1 unspecified atom stereocenters. The summed E-state index contributed by atoms with van der Waals surface area (Å²) in [5.74, 6) is 5.32. The lowest BCUT2D eigenvalue weighted by atomic mass is 10.1. The van der Waals surface area contributed by atoms with Gasteiger partial charge in [-0.25, -0.2) is 4.68 Å². The number of esters is 1. The van der Waals surface area contributed by atoms with Crippen LogP contribution in [0.1, 0.15) is 19.2 Å². The zero-order chi connectivity index (χ0) is 17.7. The lowest BCUT2D eigenvalue weighted by Gasteiger charge is -2.34. The molecule has 0 radical (unpaired) electrons. The molecule has 1 aliphatic heterocycles. The van der Waals surface area contributed by atoms with Crippen LogP contribution in [0.25, 0.3) is 0 Å². The van der Waals surface area contributed by atoms with E-state index in [1.807, 2.05) is 6.92 Å². The molecule has 132 valence electrons. The predicted molar refractivity (Wildman–Crippen MR) is 85.4 cm³/mol. The van der Waals surface area contributed by atoms with Gasteiger partial charge in [-0.3, -0.25) is 14.4 Å². The average Bonchev–Trinajstić information content (AvgIpc) is 2.94. The zero-order valence-corrected chi connectivity index (χ0v) is 14.3. The maximum absolute atomic E-state index is 12.5. The molecule has 2 heterocycles. The third kappa shape index (κ3) is 3.96. The van der Waals surface area contributed by atoms with Crippen molar-refractivity contribution in [3.63, 3.8) is 0 Å². The molecule has 0 aromatic carbocycles. The van der Waals surface area contributed by atoms with E-state index in [0.29, 0.717) is 30.5 Å². The number of nitrogens with one attached hydrogen (secondary N) is 1. The first-order chi connectivity index (χ1) is 11.5. The highest BCUT2D eigenvalue weighted by Gasteiger charge is 2.35. The fraction of sp³-hybridized carbons (Fsp3) is 0.615. The SMILES string of the molecule is CCc1nnc(SCC(=O)N2CCNC(=O)C2CC(=O)OC)n1N. The number of hydrogen-bond acceptors (Lipinski definition) is 8. The summed E-state index contributed by atoms with van der Waals surface area (Å²) in [6, 6.07) is -0.860. The number of aromatic nitrogens is 3. The summed E-state index contributed by atoms with van der Waals surface area (Å²) in [5, 5.41) is 10.9. The summed E-state index contributed by atoms with van der Waals surface area (Å²) >= 11 is 1.14. The lowest BCUT2D eigenvalue weighted by molar-refractivity contribution is -0.149. The Kier molecular flexibility index (Phi) is 6.01. The van der Waals surface area contributed by atoms with Gasteiger partial charge >= 0.3 is 5.97 Å². The number of nitrogens with zero attached hydrogens (tertiary/aromatic N) is 4. The van der Waals surface area contributed by atoms with E-state index in [0.717, 1.165) is 11.8 Å². The van der Waals surface area contributed by atoms with E-state index in [1.54, 1.807) is 0 Å². The molecule has 24 heavy (non-hydrogen) atoms. The number of nitrogens with two attached hydrogens (primary N) is 1. The van der Waals surface area contributed by atoms with Crippen molar-refractivity contribution in [1.82, 2.24) is 25.1 Å². The molecule has 0 aliphatic carbocycles. The van der Waals surface area contributed by atoms with Crippen molar-refractivity contribution in [3.05, 3.63) is 5.82 Å². The van der Waals surface area contributed by atoms with E-state index in [2.05, 4.69) is 20.3 Å². The number of nitrogen functional groups attached to an aromatic ring is 1. The first kappa shape index (κ1) is 18.0. The van der Waals surface area contributed by atoms with E-state index >= 15 is 0 Å². The summed E-state index contributed by atoms with van der Waals surface area (Å²) in [5.41, 5.74) is 0. The van der Waals surface area contributed by atoms with Gasteiger partial charge < -0.3 is 20.8 Å². The smallest absolute Gasteiger partial charge is 0.308 e. The van der Waals surface area contributed by atoms with Gasteiger partial charge in [0.1, 0.15) is 6.04 Å². The minimum Gasteiger partial charge on any atom is -0.469 e. The minimum absolute atomic E-state index is 0.0456. The van der Waals surface area contributed by atoms with Crippen LogP contribution in [0.5, 0.6) is 0 Å². The largest absolute Gasteiger partial charge is 0.469 e. The highest BCUT2D eigenvalue weighted by atomic mass is 32.2. The van der Waals surface area contributed by atoms with Crippen molar-refractivity contribution in [2.45, 2.75) is 31.0 Å². The summed E-state index contributed by atoms with van der Waals surface area (Å²) < 4.78 is 5.93. The maximum atomic E-state index is 12.5. The van der Waals surface area contributed by atoms with E-state index < -0.39 is 12.0 Å². The molecule has 10 nitrogen and oxygen atoms in total. The van der Waals surface area contributed by atoms with Gasteiger partial charge in [0, 0.05) is 19.5 Å². The van der Waals surface area contributed by atoms with Crippen molar-refractivity contribution >= 4 is 29.5 Å². The Morgan fingerprint density at radius 2 is 2.21 bits per heavy atom. The van der Waals surface area contributed by atoms with Crippen LogP contribution in [-0.2, 0) is 25.5 Å². The molecule has 1 aromatic rings. The van der Waals surface area contributed by atoms with Crippen molar-refractivity contribution in [1.29, 1.82) is 0 Å². The number of hydrogen-bond donors (Lipinski definition) is 2. The molecular formula is C13H20N6O4S. The number of carbonyl (C=O) groups excluding carboxylic acids is 3. The van der Waals surface area contributed by atoms with Gasteiger partial charge in [-0.05, 0) is 0 Å². The van der Waals surface area contributed by atoms with Gasteiger partial charge in [-0.1, -0.05) is 18.7 Å². The number of aryl methyl sites for hydroxylation is 1. The fourth-order valence-electron chi connectivity index (χ4n) is 2.31. The first-order valence-corrected chi connectivity index (χ1v) is 8.42. The van der Waals surface area contributed by atoms with E-state index in [4.69, 9.17) is 5.84 Å². The van der Waals surface area contributed by atoms with Gasteiger partial charge in [0.25, 0.3) is 0 Å². The predicted octanol–water partition coefficient (Wildman–Crippen LogP) is -1.46. The number of thioether (sulfide) groups is 1. The second kappa shape index (κ2) is 7.99. The maximum Gasteiger partial charge on any atom is 0.308 e.